The Balaban J connectivity index is 1.37. The number of halogens is 1. The van der Waals surface area contributed by atoms with Crippen LogP contribution in [-0.2, 0) is 4.79 Å². The number of benzene rings is 3. The number of hydrogen-bond acceptors (Lipinski definition) is 6. The molecule has 0 saturated carbocycles. The monoisotopic (exact) mass is 515 g/mol. The van der Waals surface area contributed by atoms with Crippen LogP contribution in [0.3, 0.4) is 0 Å². The van der Waals surface area contributed by atoms with Crippen molar-refractivity contribution in [3.8, 4) is 18.1 Å². The van der Waals surface area contributed by atoms with Crippen LogP contribution in [-0.4, -0.2) is 22.5 Å². The summed E-state index contributed by atoms with van der Waals surface area (Å²) in [6.07, 6.45) is 7.86. The Kier molecular flexibility index (Phi) is 7.25. The number of fused-ring (bicyclic) bond motifs is 1. The van der Waals surface area contributed by atoms with Gasteiger partial charge in [0.25, 0.3) is 0 Å². The first-order valence-electron chi connectivity index (χ1n) is 10.6. The molecule has 0 spiro atoms. The summed E-state index contributed by atoms with van der Waals surface area (Å²) in [6, 6.07) is 18.5. The highest BCUT2D eigenvalue weighted by atomic mass is 79.9. The minimum atomic E-state index is -0.124. The van der Waals surface area contributed by atoms with Gasteiger partial charge in [0.15, 0.2) is 0 Å². The quantitative estimate of drug-likeness (QED) is 0.163. The van der Waals surface area contributed by atoms with Crippen LogP contribution in [0.2, 0.25) is 0 Å². The first-order chi connectivity index (χ1) is 16.5. The SMILES string of the molecule is C#Cc1cccc(Nc2ncnc3ccc(OCCCC(=O)Nc4cc(Br)ccc4N)cc23)c1. The summed E-state index contributed by atoms with van der Waals surface area (Å²) in [4.78, 5) is 21.0. The standard InChI is InChI=1S/C26H22BrN5O2/c1-2-17-5-3-6-19(13-17)31-26-21-15-20(9-11-23(21)29-16-30-26)34-12-4-7-25(33)32-24-14-18(27)8-10-22(24)28/h1,3,5-6,8-11,13-16H,4,7,12,28H2,(H,32,33)(H,29,30,31). The third-order valence-electron chi connectivity index (χ3n) is 5.01. The van der Waals surface area contributed by atoms with E-state index in [0.29, 0.717) is 42.4 Å². The fraction of sp³-hybridized carbons (Fsp3) is 0.115. The van der Waals surface area contributed by atoms with Gasteiger partial charge in [-0.25, -0.2) is 9.97 Å². The molecule has 0 saturated heterocycles. The normalized spacial score (nSPS) is 10.5. The van der Waals surface area contributed by atoms with Crippen molar-refractivity contribution in [1.82, 2.24) is 9.97 Å². The lowest BCUT2D eigenvalue weighted by Crippen LogP contribution is -2.14. The summed E-state index contributed by atoms with van der Waals surface area (Å²) < 4.78 is 6.72. The number of ether oxygens (including phenoxy) is 1. The van der Waals surface area contributed by atoms with E-state index in [9.17, 15) is 4.79 Å². The number of nitrogens with two attached hydrogens (primary N) is 1. The largest absolute Gasteiger partial charge is 0.494 e. The molecule has 4 aromatic rings. The van der Waals surface area contributed by atoms with Gasteiger partial charge in [-0.05, 0) is 61.0 Å². The maximum atomic E-state index is 12.3. The van der Waals surface area contributed by atoms with Gasteiger partial charge < -0.3 is 21.1 Å². The Labute approximate surface area is 205 Å². The zero-order valence-electron chi connectivity index (χ0n) is 18.2. The highest BCUT2D eigenvalue weighted by Gasteiger charge is 2.09. The molecule has 0 unspecified atom stereocenters. The molecule has 0 radical (unpaired) electrons. The second-order valence-electron chi connectivity index (χ2n) is 7.48. The predicted molar refractivity (Wildman–Crippen MR) is 139 cm³/mol. The van der Waals surface area contributed by atoms with E-state index < -0.39 is 0 Å². The van der Waals surface area contributed by atoms with E-state index in [4.69, 9.17) is 16.9 Å². The lowest BCUT2D eigenvalue weighted by atomic mass is 10.2. The second kappa shape index (κ2) is 10.7. The average molecular weight is 516 g/mol. The number of carbonyl (C=O) groups is 1. The number of anilines is 4. The molecular formula is C26H22BrN5O2. The minimum Gasteiger partial charge on any atom is -0.494 e. The van der Waals surface area contributed by atoms with E-state index in [1.54, 1.807) is 12.1 Å². The van der Waals surface area contributed by atoms with Crippen LogP contribution in [0.25, 0.3) is 10.9 Å². The fourth-order valence-corrected chi connectivity index (χ4v) is 3.68. The van der Waals surface area contributed by atoms with Gasteiger partial charge in [-0.1, -0.05) is 27.9 Å². The Morgan fingerprint density at radius 2 is 2.00 bits per heavy atom. The Morgan fingerprint density at radius 1 is 1.12 bits per heavy atom. The Morgan fingerprint density at radius 3 is 2.85 bits per heavy atom. The molecule has 8 heteroatoms. The van der Waals surface area contributed by atoms with Gasteiger partial charge in [-0.3, -0.25) is 4.79 Å². The van der Waals surface area contributed by atoms with Gasteiger partial charge in [-0.2, -0.15) is 0 Å². The maximum Gasteiger partial charge on any atom is 0.224 e. The van der Waals surface area contributed by atoms with E-state index in [-0.39, 0.29) is 5.91 Å². The van der Waals surface area contributed by atoms with Crippen LogP contribution in [0.5, 0.6) is 5.75 Å². The van der Waals surface area contributed by atoms with Gasteiger partial charge in [0.1, 0.15) is 17.9 Å². The molecule has 170 valence electrons. The lowest BCUT2D eigenvalue weighted by molar-refractivity contribution is -0.116. The van der Waals surface area contributed by atoms with E-state index in [1.165, 1.54) is 6.33 Å². The smallest absolute Gasteiger partial charge is 0.224 e. The van der Waals surface area contributed by atoms with Crippen LogP contribution >= 0.6 is 15.9 Å². The molecule has 1 heterocycles. The molecule has 4 rings (SSSR count). The number of carbonyl (C=O) groups excluding carboxylic acids is 1. The third kappa shape index (κ3) is 5.82. The highest BCUT2D eigenvalue weighted by molar-refractivity contribution is 9.10. The van der Waals surface area contributed by atoms with Crippen molar-refractivity contribution in [1.29, 1.82) is 0 Å². The van der Waals surface area contributed by atoms with Crippen LogP contribution in [0.1, 0.15) is 18.4 Å². The molecule has 3 aromatic carbocycles. The van der Waals surface area contributed by atoms with Gasteiger partial charge in [0, 0.05) is 27.5 Å². The van der Waals surface area contributed by atoms with Crippen LogP contribution < -0.4 is 21.1 Å². The number of aromatic nitrogens is 2. The van der Waals surface area contributed by atoms with E-state index in [2.05, 4.69) is 42.5 Å². The molecule has 1 amide bonds. The topological polar surface area (TPSA) is 102 Å². The van der Waals surface area contributed by atoms with Crippen LogP contribution in [0, 0.1) is 12.3 Å². The van der Waals surface area contributed by atoms with Crippen molar-refractivity contribution in [3.05, 3.63) is 77.0 Å². The summed E-state index contributed by atoms with van der Waals surface area (Å²) >= 11 is 3.37. The molecule has 4 N–H and O–H groups in total. The highest BCUT2D eigenvalue weighted by Crippen LogP contribution is 2.27. The minimum absolute atomic E-state index is 0.124. The van der Waals surface area contributed by atoms with Crippen molar-refractivity contribution in [2.24, 2.45) is 0 Å². The maximum absolute atomic E-state index is 12.3. The molecule has 0 aliphatic rings. The molecule has 0 bridgehead atoms. The summed E-state index contributed by atoms with van der Waals surface area (Å²) in [7, 11) is 0. The van der Waals surface area contributed by atoms with Gasteiger partial charge >= 0.3 is 0 Å². The molecule has 1 aromatic heterocycles. The molecule has 7 nitrogen and oxygen atoms in total. The van der Waals surface area contributed by atoms with Crippen molar-refractivity contribution in [2.45, 2.75) is 12.8 Å². The first kappa shape index (κ1) is 23.1. The number of nitrogens with zero attached hydrogens (tertiary/aromatic N) is 2. The van der Waals surface area contributed by atoms with Crippen LogP contribution in [0.4, 0.5) is 22.9 Å². The van der Waals surface area contributed by atoms with Gasteiger partial charge in [-0.15, -0.1) is 6.42 Å². The van der Waals surface area contributed by atoms with Crippen molar-refractivity contribution >= 4 is 55.6 Å². The fourth-order valence-electron chi connectivity index (χ4n) is 3.32. The van der Waals surface area contributed by atoms with Crippen molar-refractivity contribution < 1.29 is 9.53 Å². The predicted octanol–water partition coefficient (Wildman–Crippen LogP) is 5.50. The van der Waals surface area contributed by atoms with E-state index in [1.807, 2.05) is 48.5 Å². The molecular weight excluding hydrogens is 494 g/mol. The average Bonchev–Trinajstić information content (AvgIpc) is 2.84. The molecule has 0 atom stereocenters. The molecule has 0 aliphatic carbocycles. The number of nitrogen functional groups attached to an aromatic ring is 1. The molecule has 0 fully saturated rings. The number of nitrogens with one attached hydrogen (secondary N) is 2. The summed E-state index contributed by atoms with van der Waals surface area (Å²) in [5.41, 5.74) is 9.40. The number of rotatable bonds is 8. The van der Waals surface area contributed by atoms with Crippen molar-refractivity contribution in [2.75, 3.05) is 23.0 Å². The number of amides is 1. The zero-order chi connectivity index (χ0) is 23.9. The van der Waals surface area contributed by atoms with Gasteiger partial charge in [0.05, 0.1) is 23.5 Å². The summed E-state index contributed by atoms with van der Waals surface area (Å²) in [5, 5.41) is 6.93. The van der Waals surface area contributed by atoms with Gasteiger partial charge in [0.2, 0.25) is 5.91 Å². The lowest BCUT2D eigenvalue weighted by Gasteiger charge is -2.11. The second-order valence-corrected chi connectivity index (χ2v) is 8.40. The zero-order valence-corrected chi connectivity index (χ0v) is 19.8. The third-order valence-corrected chi connectivity index (χ3v) is 5.50. The summed E-state index contributed by atoms with van der Waals surface area (Å²) in [6.45, 7) is 0.383. The van der Waals surface area contributed by atoms with Crippen molar-refractivity contribution in [3.63, 3.8) is 0 Å². The molecule has 0 aliphatic heterocycles. The summed E-state index contributed by atoms with van der Waals surface area (Å²) in [5.74, 6) is 3.82. The molecule has 34 heavy (non-hydrogen) atoms. The van der Waals surface area contributed by atoms with Crippen LogP contribution in [0.15, 0.2) is 71.5 Å². The number of terminal acetylenes is 1. The Hall–Kier alpha value is -4.09. The van der Waals surface area contributed by atoms with E-state index >= 15 is 0 Å². The first-order valence-corrected chi connectivity index (χ1v) is 11.4. The Bertz CT molecular complexity index is 1380. The van der Waals surface area contributed by atoms with E-state index in [0.717, 1.165) is 26.6 Å². The number of hydrogen-bond donors (Lipinski definition) is 3.